The van der Waals surface area contributed by atoms with Gasteiger partial charge in [-0.3, -0.25) is 4.79 Å². The van der Waals surface area contributed by atoms with Crippen LogP contribution in [-0.4, -0.2) is 76.4 Å². The lowest BCUT2D eigenvalue weighted by Crippen LogP contribution is -2.62. The van der Waals surface area contributed by atoms with Gasteiger partial charge >= 0.3 is 5.97 Å². The highest BCUT2D eigenvalue weighted by Gasteiger charge is 2.50. The molecule has 0 bridgehead atoms. The van der Waals surface area contributed by atoms with E-state index in [0.717, 1.165) is 30.4 Å². The fourth-order valence-electron chi connectivity index (χ4n) is 4.64. The highest BCUT2D eigenvalue weighted by atomic mass is 79.9. The summed E-state index contributed by atoms with van der Waals surface area (Å²) in [7, 11) is 0. The predicted octanol–water partition coefficient (Wildman–Crippen LogP) is 5.93. The van der Waals surface area contributed by atoms with E-state index in [1.807, 2.05) is 60.7 Å². The molecule has 7 atom stereocenters. The number of hydrogen-bond acceptors (Lipinski definition) is 8. The van der Waals surface area contributed by atoms with Crippen molar-refractivity contribution in [1.29, 1.82) is 0 Å². The minimum absolute atomic E-state index is 0.161. The van der Waals surface area contributed by atoms with Crippen molar-refractivity contribution < 1.29 is 38.7 Å². The molecule has 1 aliphatic rings. The Morgan fingerprint density at radius 1 is 0.814 bits per heavy atom. The topological polar surface area (TPSA) is 104 Å². The van der Waals surface area contributed by atoms with Crippen molar-refractivity contribution >= 4 is 37.8 Å². The average molecular weight is 731 g/mol. The second kappa shape index (κ2) is 18.6. The molecular formula is C33H46Br2O8. The van der Waals surface area contributed by atoms with Gasteiger partial charge in [0.1, 0.15) is 18.3 Å². The molecule has 0 aromatic heterocycles. The number of rotatable bonds is 17. The molecule has 10 heteroatoms. The largest absolute Gasteiger partial charge is 0.454 e. The maximum absolute atomic E-state index is 13.2. The molecule has 1 aliphatic heterocycles. The first-order chi connectivity index (χ1) is 20.6. The Labute approximate surface area is 272 Å². The third kappa shape index (κ3) is 11.8. The molecule has 1 saturated heterocycles. The van der Waals surface area contributed by atoms with E-state index in [2.05, 4.69) is 31.9 Å². The monoisotopic (exact) mass is 728 g/mol. The standard InChI is InChI=1S/C33H46Br2O8/c1-33(2,3)32(38)43-30-29(41-22-24-14-8-5-9-15-24)28(40-21-23-12-6-4-7-13-23)27(20-37)42-31(30)39-19-11-17-26(35)25(34)16-10-18-36/h4-9,12-15,25-31,36-37H,10-11,16-22H2,1-3H3/t25?,26?,27-,28-,29+,30-,31-/m1/s1. The van der Waals surface area contributed by atoms with Crippen LogP contribution in [-0.2, 0) is 41.7 Å². The van der Waals surface area contributed by atoms with Gasteiger partial charge in [-0.05, 0) is 57.6 Å². The number of hydrogen-bond donors (Lipinski definition) is 2. The molecule has 0 radical (unpaired) electrons. The molecule has 1 heterocycles. The lowest BCUT2D eigenvalue weighted by Gasteiger charge is -2.45. The van der Waals surface area contributed by atoms with Gasteiger partial charge in [0.05, 0.1) is 25.2 Å². The molecule has 0 saturated carbocycles. The highest BCUT2D eigenvalue weighted by molar-refractivity contribution is 9.12. The molecule has 2 aromatic rings. The van der Waals surface area contributed by atoms with Crippen LogP contribution in [0.1, 0.15) is 57.6 Å². The maximum atomic E-state index is 13.2. The van der Waals surface area contributed by atoms with E-state index in [0.29, 0.717) is 13.0 Å². The molecule has 2 unspecified atom stereocenters. The van der Waals surface area contributed by atoms with Crippen molar-refractivity contribution in [2.75, 3.05) is 19.8 Å². The fraction of sp³-hybridized carbons (Fsp3) is 0.606. The molecule has 0 spiro atoms. The smallest absolute Gasteiger partial charge is 0.311 e. The number of aliphatic hydroxyl groups is 2. The van der Waals surface area contributed by atoms with E-state index in [1.165, 1.54) is 0 Å². The van der Waals surface area contributed by atoms with Crippen LogP contribution in [0.3, 0.4) is 0 Å². The first-order valence-corrected chi connectivity index (χ1v) is 16.8. The van der Waals surface area contributed by atoms with Crippen molar-refractivity contribution in [3.63, 3.8) is 0 Å². The van der Waals surface area contributed by atoms with Gasteiger partial charge in [-0.25, -0.2) is 0 Å². The summed E-state index contributed by atoms with van der Waals surface area (Å²) in [6.07, 6.45) is -1.08. The van der Waals surface area contributed by atoms with Gasteiger partial charge in [-0.15, -0.1) is 0 Å². The zero-order valence-corrected chi connectivity index (χ0v) is 28.5. The molecule has 1 fully saturated rings. The molecular weight excluding hydrogens is 684 g/mol. The molecule has 2 N–H and O–H groups in total. The van der Waals surface area contributed by atoms with Gasteiger partial charge in [0.25, 0.3) is 0 Å². The van der Waals surface area contributed by atoms with Crippen molar-refractivity contribution in [3.8, 4) is 0 Å². The van der Waals surface area contributed by atoms with Crippen molar-refractivity contribution in [2.24, 2.45) is 5.41 Å². The third-order valence-corrected chi connectivity index (χ3v) is 10.0. The van der Waals surface area contributed by atoms with Gasteiger partial charge in [0.2, 0.25) is 0 Å². The summed E-state index contributed by atoms with van der Waals surface area (Å²) < 4.78 is 31.4. The number of carbonyl (C=O) groups excluding carboxylic acids is 1. The minimum atomic E-state index is -0.969. The zero-order chi connectivity index (χ0) is 31.2. The highest BCUT2D eigenvalue weighted by Crippen LogP contribution is 2.32. The first-order valence-electron chi connectivity index (χ1n) is 14.9. The third-order valence-electron chi connectivity index (χ3n) is 7.13. The van der Waals surface area contributed by atoms with Crippen LogP contribution >= 0.6 is 31.9 Å². The normalized spacial score (nSPS) is 23.9. The summed E-state index contributed by atoms with van der Waals surface area (Å²) in [6.45, 7) is 6.05. The van der Waals surface area contributed by atoms with E-state index < -0.39 is 42.1 Å². The lowest BCUT2D eigenvalue weighted by atomic mass is 9.95. The first kappa shape index (κ1) is 36.1. The second-order valence-corrected chi connectivity index (χ2v) is 14.1. The number of esters is 1. The van der Waals surface area contributed by atoms with E-state index in [-0.39, 0.29) is 36.1 Å². The number of ether oxygens (including phenoxy) is 5. The van der Waals surface area contributed by atoms with E-state index in [9.17, 15) is 9.90 Å². The van der Waals surface area contributed by atoms with E-state index >= 15 is 0 Å². The molecule has 8 nitrogen and oxygen atoms in total. The number of benzene rings is 2. The summed E-state index contributed by atoms with van der Waals surface area (Å²) in [4.78, 5) is 13.6. The van der Waals surface area contributed by atoms with Crippen LogP contribution in [0.4, 0.5) is 0 Å². The Hall–Kier alpha value is -1.37. The Kier molecular flexibility index (Phi) is 15.6. The van der Waals surface area contributed by atoms with Crippen LogP contribution in [0.5, 0.6) is 0 Å². The summed E-state index contributed by atoms with van der Waals surface area (Å²) in [5.41, 5.74) is 1.13. The van der Waals surface area contributed by atoms with Crippen LogP contribution < -0.4 is 0 Å². The summed E-state index contributed by atoms with van der Waals surface area (Å²) >= 11 is 7.42. The zero-order valence-electron chi connectivity index (χ0n) is 25.3. The van der Waals surface area contributed by atoms with Crippen LogP contribution in [0.2, 0.25) is 0 Å². The quantitative estimate of drug-likeness (QED) is 0.117. The number of aliphatic hydroxyl groups excluding tert-OH is 2. The summed E-state index contributed by atoms with van der Waals surface area (Å²) in [6, 6.07) is 19.4. The Bertz CT molecular complexity index is 1050. The SMILES string of the molecule is CC(C)(C)C(=O)O[C@H]1[C@H](OCCCC(Br)C(Br)CCCO)O[C@H](CO)[C@@H](OCc2ccccc2)[C@@H]1OCc1ccccc1. The minimum Gasteiger partial charge on any atom is -0.454 e. The van der Waals surface area contributed by atoms with Crippen LogP contribution in [0.25, 0.3) is 0 Å². The molecule has 0 amide bonds. The van der Waals surface area contributed by atoms with Crippen LogP contribution in [0.15, 0.2) is 60.7 Å². The van der Waals surface area contributed by atoms with Gasteiger partial charge in [0, 0.05) is 22.9 Å². The van der Waals surface area contributed by atoms with E-state index in [1.54, 1.807) is 20.8 Å². The molecule has 2 aromatic carbocycles. The maximum Gasteiger partial charge on any atom is 0.311 e. The number of alkyl halides is 2. The summed E-state index contributed by atoms with van der Waals surface area (Å²) in [5.74, 6) is -0.418. The van der Waals surface area contributed by atoms with Gasteiger partial charge in [0.15, 0.2) is 12.4 Å². The van der Waals surface area contributed by atoms with Crippen LogP contribution in [0, 0.1) is 5.41 Å². The van der Waals surface area contributed by atoms with E-state index in [4.69, 9.17) is 28.8 Å². The van der Waals surface area contributed by atoms with Crippen molar-refractivity contribution in [3.05, 3.63) is 71.8 Å². The number of carbonyl (C=O) groups is 1. The Morgan fingerprint density at radius 3 is 1.86 bits per heavy atom. The van der Waals surface area contributed by atoms with Gasteiger partial charge in [-0.1, -0.05) is 92.5 Å². The summed E-state index contributed by atoms with van der Waals surface area (Å²) in [5, 5.41) is 19.5. The Morgan fingerprint density at radius 2 is 1.35 bits per heavy atom. The second-order valence-electron chi connectivity index (χ2n) is 11.8. The van der Waals surface area contributed by atoms with Gasteiger partial charge < -0.3 is 33.9 Å². The predicted molar refractivity (Wildman–Crippen MR) is 172 cm³/mol. The van der Waals surface area contributed by atoms with Gasteiger partial charge in [-0.2, -0.15) is 0 Å². The lowest BCUT2D eigenvalue weighted by molar-refractivity contribution is -0.320. The number of halogens is 2. The fourth-order valence-corrected chi connectivity index (χ4v) is 5.81. The molecule has 240 valence electrons. The molecule has 43 heavy (non-hydrogen) atoms. The Balaban J connectivity index is 1.81. The van der Waals surface area contributed by atoms with Crippen molar-refractivity contribution in [2.45, 2.75) is 100 Å². The molecule has 0 aliphatic carbocycles. The molecule has 3 rings (SSSR count). The van der Waals surface area contributed by atoms with Crippen molar-refractivity contribution in [1.82, 2.24) is 0 Å². The average Bonchev–Trinajstić information content (AvgIpc) is 3.01.